The Morgan fingerprint density at radius 3 is 3.00 bits per heavy atom. The highest BCUT2D eigenvalue weighted by Gasteiger charge is 2.12. The minimum Gasteiger partial charge on any atom is -0.338 e. The van der Waals surface area contributed by atoms with Crippen LogP contribution in [0.2, 0.25) is 0 Å². The SMILES string of the molecule is CC(C)c1nc(SCc2nc(-c3ccsc3)no2)n[nH]1. The second-order valence-corrected chi connectivity index (χ2v) is 6.19. The fourth-order valence-corrected chi connectivity index (χ4v) is 2.81. The molecule has 0 bridgehead atoms. The van der Waals surface area contributed by atoms with Crippen molar-refractivity contribution in [1.82, 2.24) is 25.3 Å². The molecule has 3 aromatic heterocycles. The highest BCUT2D eigenvalue weighted by atomic mass is 32.2. The number of thioether (sulfide) groups is 1. The lowest BCUT2D eigenvalue weighted by Gasteiger charge is -1.94. The maximum absolute atomic E-state index is 5.22. The van der Waals surface area contributed by atoms with E-state index in [2.05, 4.69) is 39.2 Å². The van der Waals surface area contributed by atoms with Crippen molar-refractivity contribution in [2.45, 2.75) is 30.7 Å². The Bertz CT molecular complexity index is 674. The molecule has 0 aliphatic carbocycles. The van der Waals surface area contributed by atoms with Gasteiger partial charge in [-0.3, -0.25) is 5.10 Å². The average Bonchev–Trinajstić information content (AvgIpc) is 3.17. The first-order valence-electron chi connectivity index (χ1n) is 6.12. The van der Waals surface area contributed by atoms with E-state index in [4.69, 9.17) is 4.52 Å². The maximum atomic E-state index is 5.22. The Kier molecular flexibility index (Phi) is 3.83. The van der Waals surface area contributed by atoms with Gasteiger partial charge in [0.1, 0.15) is 5.82 Å². The lowest BCUT2D eigenvalue weighted by atomic mass is 10.2. The van der Waals surface area contributed by atoms with Crippen LogP contribution >= 0.6 is 23.1 Å². The number of nitrogens with zero attached hydrogens (tertiary/aromatic N) is 4. The third-order valence-corrected chi connectivity index (χ3v) is 4.12. The summed E-state index contributed by atoms with van der Waals surface area (Å²) in [4.78, 5) is 8.74. The first-order valence-corrected chi connectivity index (χ1v) is 8.05. The van der Waals surface area contributed by atoms with Crippen LogP contribution in [-0.4, -0.2) is 25.3 Å². The summed E-state index contributed by atoms with van der Waals surface area (Å²) in [5.41, 5.74) is 0.981. The molecule has 0 aliphatic rings. The Morgan fingerprint density at radius 2 is 2.30 bits per heavy atom. The van der Waals surface area contributed by atoms with E-state index in [1.165, 1.54) is 11.8 Å². The topological polar surface area (TPSA) is 80.5 Å². The molecule has 0 aromatic carbocycles. The number of aromatic amines is 1. The summed E-state index contributed by atoms with van der Waals surface area (Å²) in [7, 11) is 0. The van der Waals surface area contributed by atoms with Crippen LogP contribution in [0, 0.1) is 0 Å². The number of thiophene rings is 1. The van der Waals surface area contributed by atoms with E-state index in [1.807, 2.05) is 16.8 Å². The summed E-state index contributed by atoms with van der Waals surface area (Å²) in [6, 6.07) is 1.97. The van der Waals surface area contributed by atoms with E-state index in [9.17, 15) is 0 Å². The predicted octanol–water partition coefficient (Wildman–Crippen LogP) is 3.33. The molecule has 1 N–H and O–H groups in total. The lowest BCUT2D eigenvalue weighted by Crippen LogP contribution is -1.89. The Morgan fingerprint density at radius 1 is 1.40 bits per heavy atom. The molecule has 0 atom stereocenters. The smallest absolute Gasteiger partial charge is 0.237 e. The van der Waals surface area contributed by atoms with Gasteiger partial charge in [0.05, 0.1) is 5.75 Å². The van der Waals surface area contributed by atoms with E-state index >= 15 is 0 Å². The van der Waals surface area contributed by atoms with Gasteiger partial charge in [-0.25, -0.2) is 4.98 Å². The monoisotopic (exact) mass is 307 g/mol. The summed E-state index contributed by atoms with van der Waals surface area (Å²) in [6.07, 6.45) is 0. The molecule has 0 saturated heterocycles. The number of aromatic nitrogens is 5. The number of H-pyrrole nitrogens is 1. The minimum absolute atomic E-state index is 0.338. The molecule has 0 aliphatic heterocycles. The van der Waals surface area contributed by atoms with Crippen LogP contribution in [0.5, 0.6) is 0 Å². The van der Waals surface area contributed by atoms with E-state index in [0.717, 1.165) is 11.4 Å². The molecular formula is C12H13N5OS2. The summed E-state index contributed by atoms with van der Waals surface area (Å²) in [5.74, 6) is 2.99. The number of hydrogen-bond donors (Lipinski definition) is 1. The summed E-state index contributed by atoms with van der Waals surface area (Å²) < 4.78 is 5.22. The number of nitrogens with one attached hydrogen (secondary N) is 1. The first kappa shape index (κ1) is 13.3. The fourth-order valence-electron chi connectivity index (χ4n) is 1.53. The molecule has 0 radical (unpaired) electrons. The Labute approximate surface area is 124 Å². The first-order chi connectivity index (χ1) is 9.72. The van der Waals surface area contributed by atoms with Crippen LogP contribution in [0.4, 0.5) is 0 Å². The quantitative estimate of drug-likeness (QED) is 0.728. The average molecular weight is 307 g/mol. The fraction of sp³-hybridized carbons (Fsp3) is 0.333. The molecule has 0 saturated carbocycles. The van der Waals surface area contributed by atoms with Gasteiger partial charge in [-0.15, -0.1) is 5.10 Å². The van der Waals surface area contributed by atoms with Crippen molar-refractivity contribution in [3.8, 4) is 11.4 Å². The number of rotatable bonds is 5. The summed E-state index contributed by atoms with van der Waals surface area (Å²) in [6.45, 7) is 4.14. The van der Waals surface area contributed by atoms with Crippen LogP contribution in [0.3, 0.4) is 0 Å². The molecule has 3 heterocycles. The Balaban J connectivity index is 1.63. The van der Waals surface area contributed by atoms with Gasteiger partial charge in [-0.1, -0.05) is 30.8 Å². The second kappa shape index (κ2) is 5.76. The highest BCUT2D eigenvalue weighted by molar-refractivity contribution is 7.98. The molecule has 0 spiro atoms. The van der Waals surface area contributed by atoms with Crippen molar-refractivity contribution >= 4 is 23.1 Å². The maximum Gasteiger partial charge on any atom is 0.237 e. The summed E-state index contributed by atoms with van der Waals surface area (Å²) in [5, 5.41) is 15.7. The molecule has 8 heteroatoms. The molecule has 0 unspecified atom stereocenters. The van der Waals surface area contributed by atoms with Gasteiger partial charge in [-0.2, -0.15) is 16.3 Å². The van der Waals surface area contributed by atoms with Crippen LogP contribution in [-0.2, 0) is 5.75 Å². The zero-order valence-corrected chi connectivity index (χ0v) is 12.7. The zero-order chi connectivity index (χ0) is 13.9. The van der Waals surface area contributed by atoms with Crippen LogP contribution in [0.1, 0.15) is 31.5 Å². The highest BCUT2D eigenvalue weighted by Crippen LogP contribution is 2.23. The van der Waals surface area contributed by atoms with Crippen molar-refractivity contribution in [2.24, 2.45) is 0 Å². The lowest BCUT2D eigenvalue weighted by molar-refractivity contribution is 0.391. The van der Waals surface area contributed by atoms with E-state index in [1.54, 1.807) is 11.3 Å². The molecule has 0 amide bonds. The van der Waals surface area contributed by atoms with Gasteiger partial charge >= 0.3 is 0 Å². The van der Waals surface area contributed by atoms with Crippen molar-refractivity contribution < 1.29 is 4.52 Å². The van der Waals surface area contributed by atoms with E-state index in [-0.39, 0.29) is 0 Å². The van der Waals surface area contributed by atoms with Gasteiger partial charge in [0.2, 0.25) is 16.9 Å². The largest absolute Gasteiger partial charge is 0.338 e. The van der Waals surface area contributed by atoms with Crippen molar-refractivity contribution in [3.05, 3.63) is 28.5 Å². The third-order valence-electron chi connectivity index (χ3n) is 2.60. The molecule has 3 rings (SSSR count). The molecule has 6 nitrogen and oxygen atoms in total. The molecular weight excluding hydrogens is 294 g/mol. The van der Waals surface area contributed by atoms with E-state index < -0.39 is 0 Å². The molecule has 3 aromatic rings. The zero-order valence-electron chi connectivity index (χ0n) is 11.0. The van der Waals surface area contributed by atoms with Gasteiger partial charge in [0.15, 0.2) is 0 Å². The number of hydrogen-bond acceptors (Lipinski definition) is 7. The second-order valence-electron chi connectivity index (χ2n) is 4.47. The standard InChI is InChI=1S/C12H13N5OS2/c1-7(2)10-14-12(16-15-10)20-6-9-13-11(17-18-9)8-3-4-19-5-8/h3-5,7H,6H2,1-2H3,(H,14,15,16). The van der Waals surface area contributed by atoms with Crippen LogP contribution in [0.15, 0.2) is 26.5 Å². The molecule has 0 fully saturated rings. The van der Waals surface area contributed by atoms with Crippen molar-refractivity contribution in [1.29, 1.82) is 0 Å². The van der Waals surface area contributed by atoms with Crippen LogP contribution < -0.4 is 0 Å². The Hall–Kier alpha value is -1.67. The normalized spacial score (nSPS) is 11.3. The van der Waals surface area contributed by atoms with Gasteiger partial charge in [0.25, 0.3) is 0 Å². The van der Waals surface area contributed by atoms with Crippen molar-refractivity contribution in [2.75, 3.05) is 0 Å². The van der Waals surface area contributed by atoms with Gasteiger partial charge < -0.3 is 4.52 Å². The third kappa shape index (κ3) is 2.91. The summed E-state index contributed by atoms with van der Waals surface area (Å²) >= 11 is 3.08. The van der Waals surface area contributed by atoms with Gasteiger partial charge in [0, 0.05) is 16.9 Å². The van der Waals surface area contributed by atoms with Crippen molar-refractivity contribution in [3.63, 3.8) is 0 Å². The van der Waals surface area contributed by atoms with Gasteiger partial charge in [-0.05, 0) is 11.4 Å². The molecule has 20 heavy (non-hydrogen) atoms. The molecule has 104 valence electrons. The van der Waals surface area contributed by atoms with Crippen LogP contribution in [0.25, 0.3) is 11.4 Å². The minimum atomic E-state index is 0.338. The predicted molar refractivity (Wildman–Crippen MR) is 77.6 cm³/mol. The van der Waals surface area contributed by atoms with E-state index in [0.29, 0.717) is 28.5 Å².